The van der Waals surface area contributed by atoms with E-state index in [1.807, 2.05) is 16.8 Å². The number of ether oxygens (including phenoxy) is 1. The zero-order valence-corrected chi connectivity index (χ0v) is 10.3. The summed E-state index contributed by atoms with van der Waals surface area (Å²) >= 11 is 1.51. The molecule has 6 heteroatoms. The number of nitrogens with zero attached hydrogens (tertiary/aromatic N) is 1. The lowest BCUT2D eigenvalue weighted by atomic mass is 10.2. The van der Waals surface area contributed by atoms with Crippen molar-refractivity contribution in [2.45, 2.75) is 6.42 Å². The highest BCUT2D eigenvalue weighted by atomic mass is 32.1. The topological polar surface area (TPSA) is 63.7 Å². The molecule has 94 valence electrons. The van der Waals surface area contributed by atoms with Crippen molar-refractivity contribution in [3.05, 3.63) is 34.5 Å². The molecule has 0 aromatic carbocycles. The Bertz CT molecular complexity index is 474. The Morgan fingerprint density at radius 2 is 2.00 bits per heavy atom. The Morgan fingerprint density at radius 1 is 1.28 bits per heavy atom. The molecule has 0 N–H and O–H groups in total. The van der Waals surface area contributed by atoms with E-state index in [4.69, 9.17) is 4.74 Å². The zero-order valence-electron chi connectivity index (χ0n) is 9.50. The van der Waals surface area contributed by atoms with Gasteiger partial charge in [0.15, 0.2) is 0 Å². The lowest BCUT2D eigenvalue weighted by Gasteiger charge is -2.13. The van der Waals surface area contributed by atoms with Crippen LogP contribution in [0.5, 0.6) is 0 Å². The maximum atomic E-state index is 11.4. The fourth-order valence-electron chi connectivity index (χ4n) is 1.51. The number of rotatable bonds is 5. The molecule has 18 heavy (non-hydrogen) atoms. The molecule has 5 nitrogen and oxygen atoms in total. The Balaban J connectivity index is 1.71. The molecule has 0 atom stereocenters. The van der Waals surface area contributed by atoms with Gasteiger partial charge in [0.25, 0.3) is 11.8 Å². The summed E-state index contributed by atoms with van der Waals surface area (Å²) in [5.41, 5.74) is 0.903. The van der Waals surface area contributed by atoms with E-state index in [0.717, 1.165) is 10.5 Å². The van der Waals surface area contributed by atoms with Crippen molar-refractivity contribution in [1.29, 1.82) is 0 Å². The van der Waals surface area contributed by atoms with Crippen molar-refractivity contribution in [3.8, 4) is 0 Å². The van der Waals surface area contributed by atoms with E-state index in [0.29, 0.717) is 0 Å². The van der Waals surface area contributed by atoms with Crippen LogP contribution < -0.4 is 0 Å². The van der Waals surface area contributed by atoms with Gasteiger partial charge in [-0.25, -0.2) is 0 Å². The van der Waals surface area contributed by atoms with E-state index in [9.17, 15) is 14.4 Å². The number of thiophene rings is 1. The van der Waals surface area contributed by atoms with Crippen molar-refractivity contribution >= 4 is 29.1 Å². The van der Waals surface area contributed by atoms with Crippen LogP contribution in [0.15, 0.2) is 29.0 Å². The Morgan fingerprint density at radius 3 is 2.61 bits per heavy atom. The summed E-state index contributed by atoms with van der Waals surface area (Å²) in [6.07, 6.45) is 2.62. The predicted octanol–water partition coefficient (Wildman–Crippen LogP) is 0.759. The first-order valence-electron chi connectivity index (χ1n) is 5.37. The molecule has 0 saturated carbocycles. The second kappa shape index (κ2) is 5.59. The summed E-state index contributed by atoms with van der Waals surface area (Å²) < 4.78 is 4.97. The van der Waals surface area contributed by atoms with Crippen molar-refractivity contribution < 1.29 is 19.1 Å². The van der Waals surface area contributed by atoms with Gasteiger partial charge in [0.2, 0.25) is 0 Å². The Hall–Kier alpha value is -1.95. The fraction of sp³-hybridized carbons (Fsp3) is 0.250. The maximum Gasteiger partial charge on any atom is 0.310 e. The minimum atomic E-state index is -0.367. The molecule has 1 aromatic rings. The molecule has 0 saturated heterocycles. The number of amides is 2. The molecule has 2 heterocycles. The fourth-order valence-corrected chi connectivity index (χ4v) is 2.18. The van der Waals surface area contributed by atoms with Crippen LogP contribution in [0.25, 0.3) is 0 Å². The number of hydrogen-bond donors (Lipinski definition) is 0. The van der Waals surface area contributed by atoms with Crippen LogP contribution in [0.1, 0.15) is 5.56 Å². The molecule has 0 aliphatic carbocycles. The summed E-state index contributed by atoms with van der Waals surface area (Å²) in [7, 11) is 0. The molecule has 0 unspecified atom stereocenters. The standard InChI is InChI=1S/C12H11NO4S/c14-10-1-2-11(15)13(10)4-5-17-12(16)7-9-3-6-18-8-9/h1-3,6,8H,4-5,7H2. The van der Waals surface area contributed by atoms with E-state index < -0.39 is 0 Å². The second-order valence-corrected chi connectivity index (χ2v) is 4.47. The van der Waals surface area contributed by atoms with Crippen molar-refractivity contribution in [2.75, 3.05) is 13.2 Å². The van der Waals surface area contributed by atoms with Gasteiger partial charge in [-0.2, -0.15) is 11.3 Å². The van der Waals surface area contributed by atoms with Gasteiger partial charge >= 0.3 is 5.97 Å². The summed E-state index contributed by atoms with van der Waals surface area (Å²) in [6.45, 7) is 0.127. The van der Waals surface area contributed by atoms with Crippen LogP contribution >= 0.6 is 11.3 Å². The SMILES string of the molecule is O=C(Cc1ccsc1)OCCN1C(=O)C=CC1=O. The lowest BCUT2D eigenvalue weighted by molar-refractivity contribution is -0.146. The normalized spacial score (nSPS) is 14.3. The second-order valence-electron chi connectivity index (χ2n) is 3.69. The van der Waals surface area contributed by atoms with E-state index in [2.05, 4.69) is 0 Å². The monoisotopic (exact) mass is 265 g/mol. The van der Waals surface area contributed by atoms with Gasteiger partial charge < -0.3 is 4.74 Å². The summed E-state index contributed by atoms with van der Waals surface area (Å²) in [6, 6.07) is 1.85. The lowest BCUT2D eigenvalue weighted by Crippen LogP contribution is -2.33. The highest BCUT2D eigenvalue weighted by molar-refractivity contribution is 7.07. The highest BCUT2D eigenvalue weighted by Gasteiger charge is 2.22. The molecule has 1 aromatic heterocycles. The average molecular weight is 265 g/mol. The van der Waals surface area contributed by atoms with Gasteiger partial charge in [0.1, 0.15) is 6.61 Å². The molecule has 2 rings (SSSR count). The number of carbonyl (C=O) groups excluding carboxylic acids is 3. The maximum absolute atomic E-state index is 11.4. The molecule has 1 aliphatic heterocycles. The van der Waals surface area contributed by atoms with E-state index in [1.54, 1.807) is 0 Å². The van der Waals surface area contributed by atoms with Crippen LogP contribution in [0.2, 0.25) is 0 Å². The van der Waals surface area contributed by atoms with Crippen LogP contribution in [0, 0.1) is 0 Å². The van der Waals surface area contributed by atoms with Gasteiger partial charge in [0, 0.05) is 12.2 Å². The Labute approximate surface area is 108 Å². The molecule has 0 fully saturated rings. The molecular weight excluding hydrogens is 254 g/mol. The molecular formula is C12H11NO4S. The first-order valence-corrected chi connectivity index (χ1v) is 6.31. The molecule has 0 radical (unpaired) electrons. The van der Waals surface area contributed by atoms with Crippen LogP contribution in [0.3, 0.4) is 0 Å². The first-order chi connectivity index (χ1) is 8.66. The van der Waals surface area contributed by atoms with E-state index >= 15 is 0 Å². The quantitative estimate of drug-likeness (QED) is 0.582. The third-order valence-corrected chi connectivity index (χ3v) is 3.14. The van der Waals surface area contributed by atoms with Gasteiger partial charge in [-0.3, -0.25) is 19.3 Å². The largest absolute Gasteiger partial charge is 0.464 e. The smallest absolute Gasteiger partial charge is 0.310 e. The number of hydrogen-bond acceptors (Lipinski definition) is 5. The van der Waals surface area contributed by atoms with Gasteiger partial charge in [-0.1, -0.05) is 0 Å². The van der Waals surface area contributed by atoms with Gasteiger partial charge in [0.05, 0.1) is 13.0 Å². The number of carbonyl (C=O) groups is 3. The summed E-state index contributed by atoms with van der Waals surface area (Å²) in [5.74, 6) is -1.09. The molecule has 0 spiro atoms. The molecule has 2 amide bonds. The number of esters is 1. The minimum absolute atomic E-state index is 0.0299. The predicted molar refractivity (Wildman–Crippen MR) is 64.8 cm³/mol. The van der Waals surface area contributed by atoms with Crippen molar-refractivity contribution in [1.82, 2.24) is 4.90 Å². The van der Waals surface area contributed by atoms with Crippen LogP contribution in [0.4, 0.5) is 0 Å². The highest BCUT2D eigenvalue weighted by Crippen LogP contribution is 2.07. The summed E-state index contributed by atoms with van der Waals surface area (Å²) in [5, 5.41) is 3.76. The molecule has 0 bridgehead atoms. The van der Waals surface area contributed by atoms with Gasteiger partial charge in [-0.05, 0) is 22.4 Å². The van der Waals surface area contributed by atoms with Crippen LogP contribution in [-0.2, 0) is 25.5 Å². The Kier molecular flexibility index (Phi) is 3.88. The van der Waals surface area contributed by atoms with Gasteiger partial charge in [-0.15, -0.1) is 0 Å². The van der Waals surface area contributed by atoms with Crippen LogP contribution in [-0.4, -0.2) is 35.8 Å². The van der Waals surface area contributed by atoms with Crippen molar-refractivity contribution in [2.24, 2.45) is 0 Å². The van der Waals surface area contributed by atoms with E-state index in [-0.39, 0.29) is 37.4 Å². The average Bonchev–Trinajstić information content (AvgIpc) is 2.93. The third-order valence-electron chi connectivity index (χ3n) is 2.41. The zero-order chi connectivity index (χ0) is 13.0. The number of imide groups is 1. The third kappa shape index (κ3) is 3.04. The first kappa shape index (κ1) is 12.5. The molecule has 1 aliphatic rings. The minimum Gasteiger partial charge on any atom is -0.464 e. The van der Waals surface area contributed by atoms with Crippen molar-refractivity contribution in [3.63, 3.8) is 0 Å². The summed E-state index contributed by atoms with van der Waals surface area (Å²) in [4.78, 5) is 34.9. The van der Waals surface area contributed by atoms with E-state index in [1.165, 1.54) is 23.5 Å².